The molecule has 0 unspecified atom stereocenters. The Morgan fingerprint density at radius 1 is 1.11 bits per heavy atom. The molecule has 0 spiro atoms. The molecule has 0 fully saturated rings. The lowest BCUT2D eigenvalue weighted by Gasteiger charge is -2.10. The van der Waals surface area contributed by atoms with Gasteiger partial charge in [-0.15, -0.1) is 0 Å². The minimum atomic E-state index is 0.574. The Morgan fingerprint density at radius 3 is 2.53 bits per heavy atom. The summed E-state index contributed by atoms with van der Waals surface area (Å²) in [5.74, 6) is 0.880. The first kappa shape index (κ1) is 14.4. The van der Waals surface area contributed by atoms with Gasteiger partial charge in [-0.3, -0.25) is 0 Å². The van der Waals surface area contributed by atoms with E-state index in [0.717, 1.165) is 20.3 Å². The molecule has 2 rings (SSSR count). The summed E-state index contributed by atoms with van der Waals surface area (Å²) >= 11 is 6.78. The van der Waals surface area contributed by atoms with Crippen molar-refractivity contribution in [2.24, 2.45) is 0 Å². The first-order valence-electron chi connectivity index (χ1n) is 5.95. The molecule has 0 heterocycles. The minimum Gasteiger partial charge on any atom is -0.488 e. The van der Waals surface area contributed by atoms with Crippen molar-refractivity contribution in [3.05, 3.63) is 68.6 Å². The van der Waals surface area contributed by atoms with Gasteiger partial charge in [0.15, 0.2) is 0 Å². The van der Waals surface area contributed by atoms with E-state index in [1.54, 1.807) is 0 Å². The standard InChI is InChI=1S/C16H14Br2O/c1-12-7-8-15(14(9-12)10-16(17)18)19-11-13-5-3-2-4-6-13/h2-10H,11H2,1H3. The van der Waals surface area contributed by atoms with Crippen molar-refractivity contribution in [1.29, 1.82) is 0 Å². The summed E-state index contributed by atoms with van der Waals surface area (Å²) in [5.41, 5.74) is 3.43. The zero-order chi connectivity index (χ0) is 13.7. The van der Waals surface area contributed by atoms with E-state index in [-0.39, 0.29) is 0 Å². The van der Waals surface area contributed by atoms with Crippen molar-refractivity contribution in [1.82, 2.24) is 0 Å². The van der Waals surface area contributed by atoms with Gasteiger partial charge in [0.1, 0.15) is 12.4 Å². The quantitative estimate of drug-likeness (QED) is 0.663. The van der Waals surface area contributed by atoms with E-state index >= 15 is 0 Å². The van der Waals surface area contributed by atoms with Crippen LogP contribution in [0.5, 0.6) is 5.75 Å². The Labute approximate surface area is 130 Å². The maximum atomic E-state index is 5.89. The summed E-state index contributed by atoms with van der Waals surface area (Å²) < 4.78 is 6.79. The number of hydrogen-bond donors (Lipinski definition) is 0. The molecular formula is C16H14Br2O. The highest BCUT2D eigenvalue weighted by atomic mass is 79.9. The molecule has 1 nitrogen and oxygen atoms in total. The Kier molecular flexibility index (Phi) is 5.23. The average Bonchev–Trinajstić information content (AvgIpc) is 2.38. The van der Waals surface area contributed by atoms with Gasteiger partial charge in [-0.05, 0) is 62.6 Å². The highest BCUT2D eigenvalue weighted by Crippen LogP contribution is 2.27. The summed E-state index contributed by atoms with van der Waals surface area (Å²) in [6, 6.07) is 16.3. The van der Waals surface area contributed by atoms with Crippen LogP contribution < -0.4 is 4.74 Å². The van der Waals surface area contributed by atoms with Crippen molar-refractivity contribution in [3.8, 4) is 5.75 Å². The van der Waals surface area contributed by atoms with Crippen molar-refractivity contribution in [2.45, 2.75) is 13.5 Å². The number of ether oxygens (including phenoxy) is 1. The maximum absolute atomic E-state index is 5.89. The molecule has 0 saturated heterocycles. The summed E-state index contributed by atoms with van der Waals surface area (Å²) in [6.45, 7) is 2.64. The van der Waals surface area contributed by atoms with E-state index in [1.165, 1.54) is 5.56 Å². The Hall–Kier alpha value is -1.06. The third kappa shape index (κ3) is 4.51. The van der Waals surface area contributed by atoms with Gasteiger partial charge < -0.3 is 4.74 Å². The van der Waals surface area contributed by atoms with Crippen LogP contribution in [0.3, 0.4) is 0 Å². The molecule has 0 aliphatic carbocycles. The number of hydrogen-bond acceptors (Lipinski definition) is 1. The Bertz CT molecular complexity index is 573. The predicted molar refractivity (Wildman–Crippen MR) is 87.8 cm³/mol. The normalized spacial score (nSPS) is 10.1. The second-order valence-electron chi connectivity index (χ2n) is 4.25. The highest BCUT2D eigenvalue weighted by Gasteiger charge is 2.03. The van der Waals surface area contributed by atoms with Crippen LogP contribution in [-0.2, 0) is 6.61 Å². The molecule has 3 heteroatoms. The molecule has 0 saturated carbocycles. The van der Waals surface area contributed by atoms with E-state index in [0.29, 0.717) is 6.61 Å². The van der Waals surface area contributed by atoms with Gasteiger partial charge in [0.2, 0.25) is 0 Å². The molecular weight excluding hydrogens is 368 g/mol. The molecule has 2 aromatic carbocycles. The van der Waals surface area contributed by atoms with Gasteiger partial charge in [0.05, 0.1) is 3.39 Å². The molecule has 0 amide bonds. The fourth-order valence-electron chi connectivity index (χ4n) is 1.76. The molecule has 0 atom stereocenters. The third-order valence-electron chi connectivity index (χ3n) is 2.67. The highest BCUT2D eigenvalue weighted by molar-refractivity contribution is 9.28. The second kappa shape index (κ2) is 6.92. The van der Waals surface area contributed by atoms with Crippen LogP contribution in [0.4, 0.5) is 0 Å². The summed E-state index contributed by atoms with van der Waals surface area (Å²) in [7, 11) is 0. The fraction of sp³-hybridized carbons (Fsp3) is 0.125. The molecule has 19 heavy (non-hydrogen) atoms. The Balaban J connectivity index is 2.18. The smallest absolute Gasteiger partial charge is 0.127 e. The molecule has 2 aromatic rings. The van der Waals surface area contributed by atoms with Gasteiger partial charge in [-0.2, -0.15) is 0 Å². The fourth-order valence-corrected chi connectivity index (χ4v) is 2.26. The van der Waals surface area contributed by atoms with Crippen LogP contribution in [0.15, 0.2) is 51.9 Å². The monoisotopic (exact) mass is 380 g/mol. The Morgan fingerprint density at radius 2 is 1.84 bits per heavy atom. The molecule has 0 N–H and O–H groups in total. The van der Waals surface area contributed by atoms with Crippen molar-refractivity contribution >= 4 is 37.9 Å². The molecule has 0 aliphatic heterocycles. The van der Waals surface area contributed by atoms with Gasteiger partial charge in [0, 0.05) is 5.56 Å². The molecule has 0 radical (unpaired) electrons. The second-order valence-corrected chi connectivity index (χ2v) is 7.02. The van der Waals surface area contributed by atoms with Crippen molar-refractivity contribution in [2.75, 3.05) is 0 Å². The lowest BCUT2D eigenvalue weighted by atomic mass is 10.1. The lowest BCUT2D eigenvalue weighted by Crippen LogP contribution is -1.97. The SMILES string of the molecule is Cc1ccc(OCc2ccccc2)c(C=C(Br)Br)c1. The van der Waals surface area contributed by atoms with Gasteiger partial charge in [0.25, 0.3) is 0 Å². The van der Waals surface area contributed by atoms with E-state index in [1.807, 2.05) is 30.3 Å². The summed E-state index contributed by atoms with van der Waals surface area (Å²) in [6.07, 6.45) is 1.99. The van der Waals surface area contributed by atoms with Crippen LogP contribution in [0, 0.1) is 6.92 Å². The van der Waals surface area contributed by atoms with E-state index in [2.05, 4.69) is 63.0 Å². The van der Waals surface area contributed by atoms with Gasteiger partial charge in [-0.1, -0.05) is 42.0 Å². The minimum absolute atomic E-state index is 0.574. The van der Waals surface area contributed by atoms with E-state index in [4.69, 9.17) is 4.74 Å². The lowest BCUT2D eigenvalue weighted by molar-refractivity contribution is 0.305. The van der Waals surface area contributed by atoms with Gasteiger partial charge >= 0.3 is 0 Å². The topological polar surface area (TPSA) is 9.23 Å². The number of aryl methyl sites for hydroxylation is 1. The number of halogens is 2. The maximum Gasteiger partial charge on any atom is 0.127 e. The van der Waals surface area contributed by atoms with Crippen molar-refractivity contribution in [3.63, 3.8) is 0 Å². The van der Waals surface area contributed by atoms with Crippen LogP contribution in [0.25, 0.3) is 6.08 Å². The summed E-state index contributed by atoms with van der Waals surface area (Å²) in [4.78, 5) is 0. The number of rotatable bonds is 4. The van der Waals surface area contributed by atoms with Crippen molar-refractivity contribution < 1.29 is 4.74 Å². The van der Waals surface area contributed by atoms with Gasteiger partial charge in [-0.25, -0.2) is 0 Å². The largest absolute Gasteiger partial charge is 0.488 e. The van der Waals surface area contributed by atoms with Crippen LogP contribution >= 0.6 is 31.9 Å². The number of benzene rings is 2. The molecule has 0 bridgehead atoms. The van der Waals surface area contributed by atoms with Crippen LogP contribution in [-0.4, -0.2) is 0 Å². The van der Waals surface area contributed by atoms with Crippen LogP contribution in [0.2, 0.25) is 0 Å². The molecule has 0 aliphatic rings. The third-order valence-corrected chi connectivity index (χ3v) is 3.12. The van der Waals surface area contributed by atoms with E-state index in [9.17, 15) is 0 Å². The molecule has 0 aromatic heterocycles. The summed E-state index contributed by atoms with van der Waals surface area (Å²) in [5, 5.41) is 0. The first-order chi connectivity index (χ1) is 9.15. The zero-order valence-electron chi connectivity index (χ0n) is 10.6. The average molecular weight is 382 g/mol. The predicted octanol–water partition coefficient (Wildman–Crippen LogP) is 5.66. The van der Waals surface area contributed by atoms with E-state index < -0.39 is 0 Å². The van der Waals surface area contributed by atoms with Crippen LogP contribution in [0.1, 0.15) is 16.7 Å². The molecule has 98 valence electrons. The zero-order valence-corrected chi connectivity index (χ0v) is 13.7. The first-order valence-corrected chi connectivity index (χ1v) is 7.54.